The highest BCUT2D eigenvalue weighted by Crippen LogP contribution is 2.26. The lowest BCUT2D eigenvalue weighted by molar-refractivity contribution is 0.250. The summed E-state index contributed by atoms with van der Waals surface area (Å²) in [5.74, 6) is 0. The van der Waals surface area contributed by atoms with E-state index < -0.39 is 0 Å². The number of anilines is 1. The summed E-state index contributed by atoms with van der Waals surface area (Å²) < 4.78 is 4.23. The fourth-order valence-electron chi connectivity index (χ4n) is 6.34. The van der Waals surface area contributed by atoms with Crippen molar-refractivity contribution < 1.29 is 0 Å². The number of aromatic nitrogens is 2. The van der Waals surface area contributed by atoms with Crippen LogP contribution < -0.4 is 10.5 Å². The molecule has 7 rings (SSSR count). The van der Waals surface area contributed by atoms with Crippen molar-refractivity contribution in [2.75, 3.05) is 31.1 Å². The minimum Gasteiger partial charge on any atom is -0.369 e. The molecule has 5 aromatic carbocycles. The number of hydrogen-bond donors (Lipinski definition) is 1. The van der Waals surface area contributed by atoms with Crippen molar-refractivity contribution in [3.8, 4) is 11.1 Å². The van der Waals surface area contributed by atoms with Gasteiger partial charge in [-0.05, 0) is 52.1 Å². The van der Waals surface area contributed by atoms with Crippen LogP contribution in [0.2, 0.25) is 0 Å². The Morgan fingerprint density at radius 2 is 1.02 bits per heavy atom. The Kier molecular flexibility index (Phi) is 7.63. The molecule has 0 amide bonds. The molecule has 0 spiro atoms. The molecule has 1 aliphatic rings. The van der Waals surface area contributed by atoms with Crippen molar-refractivity contribution in [3.63, 3.8) is 0 Å². The quantitative estimate of drug-likeness (QED) is 0.216. The summed E-state index contributed by atoms with van der Waals surface area (Å²) in [6.07, 6.45) is 0. The minimum absolute atomic E-state index is 0.527. The predicted octanol–water partition coefficient (Wildman–Crippen LogP) is 7.01. The molecule has 0 aliphatic carbocycles. The maximum absolute atomic E-state index is 9.05. The average molecular weight is 564 g/mol. The number of para-hydroxylation sites is 2. The highest BCUT2D eigenvalue weighted by molar-refractivity contribution is 5.76. The third-order valence-corrected chi connectivity index (χ3v) is 8.67. The SMILES string of the molecule is N=c1n(Cc2ccccc2)c2ccccc2n1Cc1ccc(N2CCN(Cc3ccccc3-c3ccccc3)CC2)cc1. The van der Waals surface area contributed by atoms with Crippen LogP contribution in [0, 0.1) is 5.41 Å². The van der Waals surface area contributed by atoms with Crippen LogP contribution in [-0.4, -0.2) is 40.2 Å². The first-order chi connectivity index (χ1) is 21.2. The number of hydrogen-bond acceptors (Lipinski definition) is 3. The molecule has 5 nitrogen and oxygen atoms in total. The second kappa shape index (κ2) is 12.2. The summed E-state index contributed by atoms with van der Waals surface area (Å²) >= 11 is 0. The van der Waals surface area contributed by atoms with Gasteiger partial charge in [0.25, 0.3) is 0 Å². The van der Waals surface area contributed by atoms with Gasteiger partial charge in [-0.2, -0.15) is 0 Å². The van der Waals surface area contributed by atoms with Gasteiger partial charge < -0.3 is 14.0 Å². The van der Waals surface area contributed by atoms with E-state index in [-0.39, 0.29) is 0 Å². The Hall–Kier alpha value is -4.87. The molecule has 0 atom stereocenters. The maximum Gasteiger partial charge on any atom is 0.203 e. The number of imidazole rings is 1. The normalized spacial score (nSPS) is 13.9. The second-order valence-electron chi connectivity index (χ2n) is 11.4. The van der Waals surface area contributed by atoms with Gasteiger partial charge in [0.15, 0.2) is 0 Å². The number of fused-ring (bicyclic) bond motifs is 1. The van der Waals surface area contributed by atoms with Gasteiger partial charge in [0.05, 0.1) is 24.1 Å². The predicted molar refractivity (Wildman–Crippen MR) is 176 cm³/mol. The average Bonchev–Trinajstić information content (AvgIpc) is 3.33. The van der Waals surface area contributed by atoms with Crippen molar-refractivity contribution in [3.05, 3.63) is 156 Å². The third-order valence-electron chi connectivity index (χ3n) is 8.67. The van der Waals surface area contributed by atoms with Crippen molar-refractivity contribution >= 4 is 16.7 Å². The fraction of sp³-hybridized carbons (Fsp3) is 0.184. The first-order valence-electron chi connectivity index (χ1n) is 15.2. The van der Waals surface area contributed by atoms with Crippen molar-refractivity contribution in [2.45, 2.75) is 19.6 Å². The Morgan fingerprint density at radius 3 is 1.67 bits per heavy atom. The summed E-state index contributed by atoms with van der Waals surface area (Å²) in [4.78, 5) is 5.07. The van der Waals surface area contributed by atoms with Crippen LogP contribution in [0.25, 0.3) is 22.2 Å². The molecule has 0 saturated carbocycles. The van der Waals surface area contributed by atoms with Gasteiger partial charge in [0.2, 0.25) is 5.62 Å². The zero-order chi connectivity index (χ0) is 29.0. The van der Waals surface area contributed by atoms with Gasteiger partial charge >= 0.3 is 0 Å². The Morgan fingerprint density at radius 1 is 0.488 bits per heavy atom. The van der Waals surface area contributed by atoms with E-state index in [4.69, 9.17) is 5.41 Å². The van der Waals surface area contributed by atoms with Crippen LogP contribution in [0.15, 0.2) is 133 Å². The third kappa shape index (κ3) is 5.77. The van der Waals surface area contributed by atoms with Crippen molar-refractivity contribution in [2.24, 2.45) is 0 Å². The summed E-state index contributed by atoms with van der Waals surface area (Å²) in [5, 5.41) is 9.05. The van der Waals surface area contributed by atoms with Crippen LogP contribution in [-0.2, 0) is 19.6 Å². The van der Waals surface area contributed by atoms with Gasteiger partial charge in [-0.15, -0.1) is 0 Å². The molecule has 6 aromatic rings. The lowest BCUT2D eigenvalue weighted by Gasteiger charge is -2.36. The van der Waals surface area contributed by atoms with Crippen LogP contribution in [0.3, 0.4) is 0 Å². The molecule has 214 valence electrons. The highest BCUT2D eigenvalue weighted by Gasteiger charge is 2.19. The van der Waals surface area contributed by atoms with Gasteiger partial charge in [-0.1, -0.05) is 109 Å². The first kappa shape index (κ1) is 27.0. The van der Waals surface area contributed by atoms with E-state index in [1.807, 2.05) is 6.07 Å². The number of nitrogens with one attached hydrogen (secondary N) is 1. The second-order valence-corrected chi connectivity index (χ2v) is 11.4. The molecule has 2 heterocycles. The van der Waals surface area contributed by atoms with E-state index in [0.717, 1.165) is 43.8 Å². The lowest BCUT2D eigenvalue weighted by atomic mass is 9.99. The van der Waals surface area contributed by atoms with Crippen LogP contribution in [0.5, 0.6) is 0 Å². The van der Waals surface area contributed by atoms with Crippen LogP contribution >= 0.6 is 0 Å². The Bertz CT molecular complexity index is 1860. The zero-order valence-electron chi connectivity index (χ0n) is 24.4. The first-order valence-corrected chi connectivity index (χ1v) is 15.2. The number of benzene rings is 5. The van der Waals surface area contributed by atoms with Gasteiger partial charge in [0, 0.05) is 38.4 Å². The number of nitrogens with zero attached hydrogens (tertiary/aromatic N) is 4. The van der Waals surface area contributed by atoms with Gasteiger partial charge in [-0.3, -0.25) is 10.3 Å². The molecule has 1 fully saturated rings. The standard InChI is InChI=1S/C38H37N5/c39-38-42(27-30-11-3-1-4-12-30)36-17-9-10-18-37(36)43(38)28-31-19-21-34(22-20-31)41-25-23-40(24-26-41)29-33-15-7-8-16-35(33)32-13-5-2-6-14-32/h1-22,39H,23-29H2. The summed E-state index contributed by atoms with van der Waals surface area (Å²) in [5.41, 5.74) is 10.4. The smallest absolute Gasteiger partial charge is 0.203 e. The van der Waals surface area contributed by atoms with E-state index in [1.165, 1.54) is 33.5 Å². The van der Waals surface area contributed by atoms with E-state index >= 15 is 0 Å². The maximum atomic E-state index is 9.05. The zero-order valence-corrected chi connectivity index (χ0v) is 24.4. The molecule has 0 bridgehead atoms. The lowest BCUT2D eigenvalue weighted by Crippen LogP contribution is -2.46. The minimum atomic E-state index is 0.527. The highest BCUT2D eigenvalue weighted by atomic mass is 15.3. The van der Waals surface area contributed by atoms with Gasteiger partial charge in [0.1, 0.15) is 0 Å². The molecule has 1 N–H and O–H groups in total. The fourth-order valence-corrected chi connectivity index (χ4v) is 6.34. The molecule has 0 radical (unpaired) electrons. The van der Waals surface area contributed by atoms with Crippen molar-refractivity contribution in [1.29, 1.82) is 5.41 Å². The summed E-state index contributed by atoms with van der Waals surface area (Å²) in [6, 6.07) is 47.3. The number of piperazine rings is 1. The largest absolute Gasteiger partial charge is 0.369 e. The van der Waals surface area contributed by atoms with Crippen LogP contribution in [0.1, 0.15) is 16.7 Å². The van der Waals surface area contributed by atoms with Crippen LogP contribution in [0.4, 0.5) is 5.69 Å². The topological polar surface area (TPSA) is 40.2 Å². The monoisotopic (exact) mass is 563 g/mol. The summed E-state index contributed by atoms with van der Waals surface area (Å²) in [7, 11) is 0. The molecular weight excluding hydrogens is 526 g/mol. The number of rotatable bonds is 8. The molecule has 1 aromatic heterocycles. The van der Waals surface area contributed by atoms with Gasteiger partial charge in [-0.25, -0.2) is 0 Å². The van der Waals surface area contributed by atoms with E-state index in [1.54, 1.807) is 0 Å². The molecule has 5 heteroatoms. The van der Waals surface area contributed by atoms with E-state index in [2.05, 4.69) is 146 Å². The van der Waals surface area contributed by atoms with E-state index in [9.17, 15) is 0 Å². The Balaban J connectivity index is 1.02. The molecule has 0 unspecified atom stereocenters. The summed E-state index contributed by atoms with van der Waals surface area (Å²) in [6.45, 7) is 6.47. The Labute approximate surface area is 253 Å². The van der Waals surface area contributed by atoms with Crippen molar-refractivity contribution in [1.82, 2.24) is 14.0 Å². The molecule has 1 saturated heterocycles. The molecule has 1 aliphatic heterocycles. The molecule has 43 heavy (non-hydrogen) atoms. The molecular formula is C38H37N5. The van der Waals surface area contributed by atoms with E-state index in [0.29, 0.717) is 18.7 Å².